The third kappa shape index (κ3) is 3.75. The molecule has 1 atom stereocenters. The van der Waals surface area contributed by atoms with Crippen molar-refractivity contribution in [2.75, 3.05) is 14.2 Å². The molecule has 1 aromatic carbocycles. The van der Waals surface area contributed by atoms with Crippen LogP contribution in [0.15, 0.2) is 17.0 Å². The Labute approximate surface area is 118 Å². The first kappa shape index (κ1) is 16.1. The lowest BCUT2D eigenvalue weighted by molar-refractivity contribution is 0.392. The van der Waals surface area contributed by atoms with Gasteiger partial charge in [-0.15, -0.1) is 0 Å². The van der Waals surface area contributed by atoms with Gasteiger partial charge in [-0.05, 0) is 13.3 Å². The van der Waals surface area contributed by atoms with Crippen LogP contribution in [-0.2, 0) is 10.0 Å². The Morgan fingerprint density at radius 2 is 1.84 bits per heavy atom. The maximum absolute atomic E-state index is 12.3. The van der Waals surface area contributed by atoms with E-state index in [0.29, 0.717) is 11.4 Å². The summed E-state index contributed by atoms with van der Waals surface area (Å²) in [7, 11) is -0.865. The molecule has 0 aromatic heterocycles. The predicted octanol–water partition coefficient (Wildman–Crippen LogP) is 2.43. The summed E-state index contributed by atoms with van der Waals surface area (Å²) in [5, 5.41) is 0.293. The molecule has 0 saturated heterocycles. The first-order chi connectivity index (χ1) is 8.85. The van der Waals surface area contributed by atoms with Crippen LogP contribution in [-0.4, -0.2) is 28.7 Å². The Bertz CT molecular complexity index is 545. The Kier molecular flexibility index (Phi) is 5.46. The molecule has 0 aliphatic carbocycles. The minimum absolute atomic E-state index is 0.0107. The third-order valence-corrected chi connectivity index (χ3v) is 4.60. The van der Waals surface area contributed by atoms with Crippen LogP contribution in [0, 0.1) is 0 Å². The van der Waals surface area contributed by atoms with E-state index in [0.717, 1.165) is 0 Å². The van der Waals surface area contributed by atoms with Crippen molar-refractivity contribution >= 4 is 21.6 Å². The summed E-state index contributed by atoms with van der Waals surface area (Å²) in [6, 6.07) is 2.61. The number of ether oxygens (including phenoxy) is 2. The van der Waals surface area contributed by atoms with E-state index < -0.39 is 10.0 Å². The highest BCUT2D eigenvalue weighted by Crippen LogP contribution is 2.35. The molecule has 19 heavy (non-hydrogen) atoms. The Morgan fingerprint density at radius 3 is 2.32 bits per heavy atom. The number of nitrogens with one attached hydrogen (secondary N) is 1. The lowest BCUT2D eigenvalue weighted by Gasteiger charge is -2.16. The van der Waals surface area contributed by atoms with E-state index >= 15 is 0 Å². The molecule has 5 nitrogen and oxygen atoms in total. The van der Waals surface area contributed by atoms with Crippen LogP contribution in [0.5, 0.6) is 11.5 Å². The van der Waals surface area contributed by atoms with Crippen LogP contribution >= 0.6 is 11.6 Å². The zero-order chi connectivity index (χ0) is 14.6. The molecule has 108 valence electrons. The standard InChI is InChI=1S/C12H18ClNO4S/c1-5-8(2)14-19(15,16)12-7-10(17-3)9(13)6-11(12)18-4/h6-8,14H,5H2,1-4H3. The van der Waals surface area contributed by atoms with Crippen molar-refractivity contribution in [3.05, 3.63) is 17.2 Å². The van der Waals surface area contributed by atoms with Crippen LogP contribution in [0.3, 0.4) is 0 Å². The number of methoxy groups -OCH3 is 2. The van der Waals surface area contributed by atoms with E-state index in [-0.39, 0.29) is 22.4 Å². The summed E-state index contributed by atoms with van der Waals surface area (Å²) in [5.41, 5.74) is 0. The second-order valence-electron chi connectivity index (χ2n) is 4.07. The van der Waals surface area contributed by atoms with E-state index in [9.17, 15) is 8.42 Å². The fourth-order valence-electron chi connectivity index (χ4n) is 1.45. The van der Waals surface area contributed by atoms with Crippen molar-refractivity contribution < 1.29 is 17.9 Å². The number of benzene rings is 1. The van der Waals surface area contributed by atoms with Crippen molar-refractivity contribution in [1.82, 2.24) is 4.72 Å². The summed E-state index contributed by atoms with van der Waals surface area (Å²) < 4.78 is 37.2. The highest BCUT2D eigenvalue weighted by Gasteiger charge is 2.23. The lowest BCUT2D eigenvalue weighted by atomic mass is 10.3. The predicted molar refractivity (Wildman–Crippen MR) is 74.6 cm³/mol. The third-order valence-electron chi connectivity index (χ3n) is 2.70. The topological polar surface area (TPSA) is 64.6 Å². The van der Waals surface area contributed by atoms with Gasteiger partial charge < -0.3 is 9.47 Å². The van der Waals surface area contributed by atoms with Gasteiger partial charge in [0.15, 0.2) is 0 Å². The fourth-order valence-corrected chi connectivity index (χ4v) is 3.18. The molecule has 0 aliphatic heterocycles. The Hall–Kier alpha value is -0.980. The first-order valence-electron chi connectivity index (χ1n) is 5.79. The molecule has 0 amide bonds. The molecule has 0 spiro atoms. The summed E-state index contributed by atoms with van der Waals surface area (Å²) in [6.07, 6.45) is 0.687. The molecule has 1 aromatic rings. The van der Waals surface area contributed by atoms with Gasteiger partial charge in [-0.1, -0.05) is 18.5 Å². The van der Waals surface area contributed by atoms with E-state index in [1.165, 1.54) is 26.4 Å². The first-order valence-corrected chi connectivity index (χ1v) is 7.65. The number of sulfonamides is 1. The van der Waals surface area contributed by atoms with Gasteiger partial charge in [-0.3, -0.25) is 0 Å². The smallest absolute Gasteiger partial charge is 0.244 e. The number of halogens is 1. The number of hydrogen-bond donors (Lipinski definition) is 1. The summed E-state index contributed by atoms with van der Waals surface area (Å²) >= 11 is 5.94. The Balaban J connectivity index is 3.32. The quantitative estimate of drug-likeness (QED) is 0.876. The number of hydrogen-bond acceptors (Lipinski definition) is 4. The minimum atomic E-state index is -3.68. The monoisotopic (exact) mass is 307 g/mol. The van der Waals surface area contributed by atoms with Crippen LogP contribution in [0.2, 0.25) is 5.02 Å². The highest BCUT2D eigenvalue weighted by atomic mass is 35.5. The van der Waals surface area contributed by atoms with Gasteiger partial charge in [-0.25, -0.2) is 13.1 Å². The van der Waals surface area contributed by atoms with E-state index in [1.807, 2.05) is 6.92 Å². The van der Waals surface area contributed by atoms with Crippen molar-refractivity contribution in [1.29, 1.82) is 0 Å². The van der Waals surface area contributed by atoms with E-state index in [1.54, 1.807) is 6.92 Å². The van der Waals surface area contributed by atoms with Crippen molar-refractivity contribution in [3.63, 3.8) is 0 Å². The van der Waals surface area contributed by atoms with Gasteiger partial charge in [-0.2, -0.15) is 0 Å². The molecule has 0 bridgehead atoms. The minimum Gasteiger partial charge on any atom is -0.495 e. The van der Waals surface area contributed by atoms with Gasteiger partial charge >= 0.3 is 0 Å². The van der Waals surface area contributed by atoms with Gasteiger partial charge in [0.25, 0.3) is 0 Å². The average Bonchev–Trinajstić information content (AvgIpc) is 2.37. The molecule has 7 heteroatoms. The average molecular weight is 308 g/mol. The van der Waals surface area contributed by atoms with E-state index in [4.69, 9.17) is 21.1 Å². The van der Waals surface area contributed by atoms with Gasteiger partial charge in [0, 0.05) is 18.2 Å². The van der Waals surface area contributed by atoms with E-state index in [2.05, 4.69) is 4.72 Å². The highest BCUT2D eigenvalue weighted by molar-refractivity contribution is 7.89. The normalized spacial score (nSPS) is 13.1. The van der Waals surface area contributed by atoms with Crippen LogP contribution < -0.4 is 14.2 Å². The van der Waals surface area contributed by atoms with Crippen LogP contribution in [0.1, 0.15) is 20.3 Å². The molecule has 1 rings (SSSR count). The Morgan fingerprint density at radius 1 is 1.26 bits per heavy atom. The maximum Gasteiger partial charge on any atom is 0.244 e. The van der Waals surface area contributed by atoms with Crippen LogP contribution in [0.25, 0.3) is 0 Å². The molecule has 0 radical (unpaired) electrons. The van der Waals surface area contributed by atoms with Gasteiger partial charge in [0.1, 0.15) is 16.4 Å². The zero-order valence-electron chi connectivity index (χ0n) is 11.4. The maximum atomic E-state index is 12.3. The SMILES string of the molecule is CCC(C)NS(=O)(=O)c1cc(OC)c(Cl)cc1OC. The largest absolute Gasteiger partial charge is 0.495 e. The molecule has 1 unspecified atom stereocenters. The molecular weight excluding hydrogens is 290 g/mol. The summed E-state index contributed by atoms with van der Waals surface area (Å²) in [4.78, 5) is 0.0107. The van der Waals surface area contributed by atoms with Gasteiger partial charge in [0.05, 0.1) is 19.2 Å². The number of rotatable bonds is 6. The van der Waals surface area contributed by atoms with Crippen molar-refractivity contribution in [3.8, 4) is 11.5 Å². The van der Waals surface area contributed by atoms with Gasteiger partial charge in [0.2, 0.25) is 10.0 Å². The fraction of sp³-hybridized carbons (Fsp3) is 0.500. The van der Waals surface area contributed by atoms with Crippen molar-refractivity contribution in [2.24, 2.45) is 0 Å². The second-order valence-corrected chi connectivity index (χ2v) is 6.16. The molecule has 1 N–H and O–H groups in total. The summed E-state index contributed by atoms with van der Waals surface area (Å²) in [5.74, 6) is 0.466. The van der Waals surface area contributed by atoms with Crippen LogP contribution in [0.4, 0.5) is 0 Å². The second kappa shape index (κ2) is 6.45. The molecule has 0 aliphatic rings. The summed E-state index contributed by atoms with van der Waals surface area (Å²) in [6.45, 7) is 3.68. The lowest BCUT2D eigenvalue weighted by Crippen LogP contribution is -2.32. The molecular formula is C12H18ClNO4S. The zero-order valence-corrected chi connectivity index (χ0v) is 12.9. The molecule has 0 fully saturated rings. The van der Waals surface area contributed by atoms with Crippen molar-refractivity contribution in [2.45, 2.75) is 31.2 Å². The molecule has 0 saturated carbocycles. The molecule has 0 heterocycles.